The maximum Gasteiger partial charge on any atom is 0.169 e. The third-order valence-corrected chi connectivity index (χ3v) is 1.85. The minimum absolute atomic E-state index is 0.276. The first-order valence-electron chi connectivity index (χ1n) is 4.63. The zero-order chi connectivity index (χ0) is 12.0. The molecule has 5 heteroatoms. The summed E-state index contributed by atoms with van der Waals surface area (Å²) in [5.41, 5.74) is 8.63. The Morgan fingerprint density at radius 3 is 2.75 bits per heavy atom. The van der Waals surface area contributed by atoms with Crippen LogP contribution >= 0.6 is 0 Å². The third kappa shape index (κ3) is 2.91. The van der Waals surface area contributed by atoms with E-state index in [1.807, 2.05) is 18.2 Å². The highest BCUT2D eigenvalue weighted by Crippen LogP contribution is 2.29. The average Bonchev–Trinajstić information content (AvgIpc) is 2.28. The van der Waals surface area contributed by atoms with Gasteiger partial charge in [0.2, 0.25) is 0 Å². The summed E-state index contributed by atoms with van der Waals surface area (Å²) in [6.45, 7) is 3.46. The summed E-state index contributed by atoms with van der Waals surface area (Å²) >= 11 is 0. The van der Waals surface area contributed by atoms with Crippen molar-refractivity contribution in [3.8, 4) is 11.5 Å². The predicted octanol–water partition coefficient (Wildman–Crippen LogP) is 1.06. The molecule has 3 N–H and O–H groups in total. The van der Waals surface area contributed by atoms with E-state index < -0.39 is 0 Å². The van der Waals surface area contributed by atoms with Crippen LogP contribution in [0.1, 0.15) is 5.56 Å². The van der Waals surface area contributed by atoms with Crippen LogP contribution in [0.4, 0.5) is 0 Å². The number of hydrogen-bond donors (Lipinski definition) is 2. The van der Waals surface area contributed by atoms with Crippen molar-refractivity contribution in [1.29, 1.82) is 0 Å². The molecule has 0 saturated carbocycles. The van der Waals surface area contributed by atoms with E-state index in [1.54, 1.807) is 20.4 Å². The van der Waals surface area contributed by atoms with Gasteiger partial charge in [0.25, 0.3) is 0 Å². The zero-order valence-corrected chi connectivity index (χ0v) is 9.36. The van der Waals surface area contributed by atoms with Crippen LogP contribution in [0.25, 0.3) is 0 Å². The monoisotopic (exact) mass is 221 g/mol. The highest BCUT2D eigenvalue weighted by atomic mass is 16.5. The number of benzene rings is 1. The van der Waals surface area contributed by atoms with Crippen molar-refractivity contribution >= 4 is 6.21 Å². The maximum atomic E-state index is 5.31. The summed E-state index contributed by atoms with van der Waals surface area (Å²) in [7, 11) is 3.16. The van der Waals surface area contributed by atoms with E-state index in [1.165, 1.54) is 0 Å². The van der Waals surface area contributed by atoms with Gasteiger partial charge in [-0.2, -0.15) is 5.10 Å². The summed E-state index contributed by atoms with van der Waals surface area (Å²) in [6.07, 6.45) is 1.58. The van der Waals surface area contributed by atoms with Crippen LogP contribution in [0, 0.1) is 0 Å². The third-order valence-electron chi connectivity index (χ3n) is 1.85. The molecule has 0 saturated heterocycles. The smallest absolute Gasteiger partial charge is 0.169 e. The molecule has 0 aliphatic heterocycles. The van der Waals surface area contributed by atoms with Crippen LogP contribution in [0.15, 0.2) is 35.7 Å². The topological polar surface area (TPSA) is 68.9 Å². The predicted molar refractivity (Wildman–Crippen MR) is 63.6 cm³/mol. The van der Waals surface area contributed by atoms with Crippen molar-refractivity contribution < 1.29 is 9.47 Å². The molecule has 0 bridgehead atoms. The molecule has 0 fully saturated rings. The minimum Gasteiger partial charge on any atom is -0.493 e. The highest BCUT2D eigenvalue weighted by Gasteiger charge is 2.06. The number of para-hydroxylation sites is 1. The number of nitrogens with one attached hydrogen (secondary N) is 1. The Hall–Kier alpha value is -2.17. The van der Waals surface area contributed by atoms with Crippen molar-refractivity contribution in [1.82, 2.24) is 5.43 Å². The number of rotatable bonds is 5. The number of hydrogen-bond acceptors (Lipinski definition) is 5. The van der Waals surface area contributed by atoms with Crippen molar-refractivity contribution in [3.63, 3.8) is 0 Å². The lowest BCUT2D eigenvalue weighted by molar-refractivity contribution is 0.354. The van der Waals surface area contributed by atoms with Gasteiger partial charge in [0.15, 0.2) is 11.5 Å². The number of nitrogens with two attached hydrogens (primary N) is 1. The molecule has 0 radical (unpaired) electrons. The number of hydrazone groups is 1. The molecule has 16 heavy (non-hydrogen) atoms. The summed E-state index contributed by atoms with van der Waals surface area (Å²) in [5.74, 6) is 1.55. The van der Waals surface area contributed by atoms with Gasteiger partial charge in [-0.1, -0.05) is 12.6 Å². The van der Waals surface area contributed by atoms with Gasteiger partial charge >= 0.3 is 0 Å². The first kappa shape index (κ1) is 11.9. The van der Waals surface area contributed by atoms with Gasteiger partial charge in [0.1, 0.15) is 5.82 Å². The second kappa shape index (κ2) is 5.65. The maximum absolute atomic E-state index is 5.31. The van der Waals surface area contributed by atoms with Crippen molar-refractivity contribution in [2.75, 3.05) is 14.2 Å². The summed E-state index contributed by atoms with van der Waals surface area (Å²) in [5, 5.41) is 3.89. The van der Waals surface area contributed by atoms with Gasteiger partial charge < -0.3 is 15.2 Å². The molecule has 1 aromatic carbocycles. The van der Waals surface area contributed by atoms with Gasteiger partial charge in [-0.3, -0.25) is 5.43 Å². The molecule has 0 aliphatic rings. The Kier molecular flexibility index (Phi) is 4.20. The molecule has 0 heterocycles. The Bertz CT molecular complexity index is 402. The molecule has 0 spiro atoms. The van der Waals surface area contributed by atoms with Gasteiger partial charge in [-0.15, -0.1) is 0 Å². The molecule has 86 valence electrons. The Morgan fingerprint density at radius 1 is 1.44 bits per heavy atom. The Labute approximate surface area is 94.5 Å². The first-order valence-corrected chi connectivity index (χ1v) is 4.63. The van der Waals surface area contributed by atoms with Crippen molar-refractivity contribution in [2.45, 2.75) is 0 Å². The van der Waals surface area contributed by atoms with E-state index in [-0.39, 0.29) is 5.82 Å². The fourth-order valence-corrected chi connectivity index (χ4v) is 1.20. The second-order valence-corrected chi connectivity index (χ2v) is 2.98. The molecule has 0 aliphatic carbocycles. The molecule has 1 rings (SSSR count). The van der Waals surface area contributed by atoms with Crippen LogP contribution in [0.2, 0.25) is 0 Å². The summed E-state index contributed by atoms with van der Waals surface area (Å²) in [6, 6.07) is 5.51. The summed E-state index contributed by atoms with van der Waals surface area (Å²) in [4.78, 5) is 0. The number of nitrogens with zero attached hydrogens (tertiary/aromatic N) is 1. The highest BCUT2D eigenvalue weighted by molar-refractivity contribution is 5.84. The van der Waals surface area contributed by atoms with Crippen molar-refractivity contribution in [2.24, 2.45) is 10.8 Å². The molecule has 1 aromatic rings. The number of methoxy groups -OCH3 is 2. The lowest BCUT2D eigenvalue weighted by Gasteiger charge is -2.09. The van der Waals surface area contributed by atoms with E-state index in [0.717, 1.165) is 5.56 Å². The van der Waals surface area contributed by atoms with E-state index in [9.17, 15) is 0 Å². The zero-order valence-electron chi connectivity index (χ0n) is 9.36. The first-order chi connectivity index (χ1) is 7.69. The van der Waals surface area contributed by atoms with E-state index in [0.29, 0.717) is 11.5 Å². The number of ether oxygens (including phenoxy) is 2. The molecule has 0 unspecified atom stereocenters. The van der Waals surface area contributed by atoms with Gasteiger partial charge in [0, 0.05) is 5.56 Å². The standard InChI is InChI=1S/C11H15N3O2/c1-8(12)14-13-7-9-5-4-6-10(15-2)11(9)16-3/h4-7,14H,1,12H2,2-3H3/b13-7+. The van der Waals surface area contributed by atoms with Crippen molar-refractivity contribution in [3.05, 3.63) is 36.2 Å². The lowest BCUT2D eigenvalue weighted by Crippen LogP contribution is -2.12. The van der Waals surface area contributed by atoms with Gasteiger partial charge in [0.05, 0.1) is 20.4 Å². The van der Waals surface area contributed by atoms with E-state index in [4.69, 9.17) is 15.2 Å². The Morgan fingerprint density at radius 2 is 2.19 bits per heavy atom. The molecular formula is C11H15N3O2. The average molecular weight is 221 g/mol. The lowest BCUT2D eigenvalue weighted by atomic mass is 10.2. The van der Waals surface area contributed by atoms with E-state index >= 15 is 0 Å². The largest absolute Gasteiger partial charge is 0.493 e. The van der Waals surface area contributed by atoms with Crippen LogP contribution in [-0.2, 0) is 0 Å². The normalized spacial score (nSPS) is 10.1. The summed E-state index contributed by atoms with van der Waals surface area (Å²) < 4.78 is 10.4. The fraction of sp³-hybridized carbons (Fsp3) is 0.182. The van der Waals surface area contributed by atoms with Crippen LogP contribution < -0.4 is 20.6 Å². The fourth-order valence-electron chi connectivity index (χ4n) is 1.20. The van der Waals surface area contributed by atoms with Crippen LogP contribution in [0.3, 0.4) is 0 Å². The molecule has 0 aromatic heterocycles. The van der Waals surface area contributed by atoms with Gasteiger partial charge in [-0.05, 0) is 12.1 Å². The molecule has 5 nitrogen and oxygen atoms in total. The van der Waals surface area contributed by atoms with E-state index in [2.05, 4.69) is 17.1 Å². The van der Waals surface area contributed by atoms with Crippen LogP contribution in [0.5, 0.6) is 11.5 Å². The molecule has 0 atom stereocenters. The van der Waals surface area contributed by atoms with Crippen LogP contribution in [-0.4, -0.2) is 20.4 Å². The Balaban J connectivity index is 2.94. The molecular weight excluding hydrogens is 206 g/mol. The van der Waals surface area contributed by atoms with Gasteiger partial charge in [-0.25, -0.2) is 0 Å². The molecule has 0 amide bonds. The SMILES string of the molecule is C=C(N)N/N=C/c1cccc(OC)c1OC. The second-order valence-electron chi connectivity index (χ2n) is 2.98. The quantitative estimate of drug-likeness (QED) is 0.576. The minimum atomic E-state index is 0.276.